The van der Waals surface area contributed by atoms with Crippen LogP contribution in [-0.4, -0.2) is 51.1 Å². The van der Waals surface area contributed by atoms with Crippen LogP contribution in [0.15, 0.2) is 30.5 Å². The number of aliphatic hydroxyl groups excluding tert-OH is 2. The van der Waals surface area contributed by atoms with Crippen LogP contribution in [0, 0.1) is 29.1 Å². The van der Waals surface area contributed by atoms with Crippen LogP contribution in [0.25, 0.3) is 0 Å². The molecule has 0 saturated heterocycles. The highest BCUT2D eigenvalue weighted by Crippen LogP contribution is 2.43. The number of fused-ring (bicyclic) bond motifs is 2. The molecule has 1 amide bonds. The summed E-state index contributed by atoms with van der Waals surface area (Å²) in [5.41, 5.74) is 1.32. The van der Waals surface area contributed by atoms with Crippen molar-refractivity contribution in [3.63, 3.8) is 0 Å². The average molecular weight is 537 g/mol. The Morgan fingerprint density at radius 2 is 1.92 bits per heavy atom. The molecule has 39 heavy (non-hydrogen) atoms. The molecule has 2 saturated carbocycles. The highest BCUT2D eigenvalue weighted by atomic mass is 16.6. The molecule has 1 heterocycles. The second-order valence-corrected chi connectivity index (χ2v) is 11.7. The van der Waals surface area contributed by atoms with Gasteiger partial charge in [0.1, 0.15) is 29.2 Å². The molecule has 2 aliphatic rings. The third-order valence-electron chi connectivity index (χ3n) is 7.61. The van der Waals surface area contributed by atoms with Gasteiger partial charge in [0.2, 0.25) is 5.95 Å². The average Bonchev–Trinajstić information content (AvgIpc) is 2.89. The molecular formula is C29H40N6O4. The first-order chi connectivity index (χ1) is 18.7. The second kappa shape index (κ2) is 12.6. The zero-order valence-corrected chi connectivity index (χ0v) is 23.0. The van der Waals surface area contributed by atoms with Crippen LogP contribution in [0.3, 0.4) is 0 Å². The Morgan fingerprint density at radius 1 is 1.21 bits per heavy atom. The predicted octanol–water partition coefficient (Wildman–Crippen LogP) is 4.12. The highest BCUT2D eigenvalue weighted by Gasteiger charge is 2.41. The molecular weight excluding hydrogens is 496 g/mol. The van der Waals surface area contributed by atoms with Crippen LogP contribution in [-0.2, 0) is 11.3 Å². The van der Waals surface area contributed by atoms with Gasteiger partial charge in [-0.25, -0.2) is 9.78 Å². The number of nitriles is 1. The maximum atomic E-state index is 12.4. The second-order valence-electron chi connectivity index (χ2n) is 11.7. The minimum Gasteiger partial charge on any atom is -0.444 e. The zero-order valence-electron chi connectivity index (χ0n) is 23.0. The van der Waals surface area contributed by atoms with Gasteiger partial charge in [-0.05, 0) is 75.3 Å². The number of rotatable bonds is 9. The van der Waals surface area contributed by atoms with Gasteiger partial charge >= 0.3 is 6.09 Å². The predicted molar refractivity (Wildman–Crippen MR) is 148 cm³/mol. The summed E-state index contributed by atoms with van der Waals surface area (Å²) >= 11 is 0. The summed E-state index contributed by atoms with van der Waals surface area (Å²) in [5, 5.41) is 38.8. The highest BCUT2D eigenvalue weighted by molar-refractivity contribution is 5.68. The molecule has 2 fully saturated rings. The van der Waals surface area contributed by atoms with Gasteiger partial charge in [0.05, 0.1) is 12.8 Å². The van der Waals surface area contributed by atoms with E-state index in [-0.39, 0.29) is 18.7 Å². The Bertz CT molecular complexity index is 1160. The molecule has 5 atom stereocenters. The summed E-state index contributed by atoms with van der Waals surface area (Å²) in [5.74, 6) is 2.07. The van der Waals surface area contributed by atoms with E-state index in [1.165, 1.54) is 12.6 Å². The number of aromatic nitrogens is 2. The van der Waals surface area contributed by atoms with Gasteiger partial charge in [0.25, 0.3) is 0 Å². The maximum Gasteiger partial charge on any atom is 0.407 e. The minimum atomic E-state index is -0.962. The van der Waals surface area contributed by atoms with E-state index in [1.54, 1.807) is 6.07 Å². The van der Waals surface area contributed by atoms with Crippen LogP contribution in [0.5, 0.6) is 0 Å². The molecule has 10 heteroatoms. The number of hydrogen-bond donors (Lipinski definition) is 5. The molecule has 1 aromatic carbocycles. The molecule has 10 nitrogen and oxygen atoms in total. The number of nitrogens with one attached hydrogen (secondary N) is 3. The number of amides is 1. The lowest BCUT2D eigenvalue weighted by molar-refractivity contribution is 0.0324. The van der Waals surface area contributed by atoms with Crippen LogP contribution in [0.4, 0.5) is 16.6 Å². The van der Waals surface area contributed by atoms with E-state index in [0.717, 1.165) is 31.2 Å². The summed E-state index contributed by atoms with van der Waals surface area (Å²) in [7, 11) is 0. The van der Waals surface area contributed by atoms with Crippen LogP contribution in [0.1, 0.15) is 75.7 Å². The first-order valence-corrected chi connectivity index (χ1v) is 13.8. The normalized spacial score (nSPS) is 23.3. The van der Waals surface area contributed by atoms with Crippen molar-refractivity contribution in [1.82, 2.24) is 15.3 Å². The molecule has 0 aliphatic heterocycles. The number of carbonyl (C=O) groups excluding carboxylic acids is 1. The molecule has 1 aromatic heterocycles. The van der Waals surface area contributed by atoms with E-state index < -0.39 is 11.7 Å². The number of nitrogens with zero attached hydrogens (tertiary/aromatic N) is 3. The number of benzene rings is 1. The largest absolute Gasteiger partial charge is 0.444 e. The third-order valence-corrected chi connectivity index (χ3v) is 7.61. The number of aliphatic hydroxyl groups is 2. The van der Waals surface area contributed by atoms with Crippen molar-refractivity contribution in [2.45, 2.75) is 77.2 Å². The Hall–Kier alpha value is -3.42. The fourth-order valence-electron chi connectivity index (χ4n) is 5.93. The molecule has 2 bridgehead atoms. The summed E-state index contributed by atoms with van der Waals surface area (Å²) in [6.45, 7) is 6.30. The van der Waals surface area contributed by atoms with Gasteiger partial charge in [0, 0.05) is 19.1 Å². The summed E-state index contributed by atoms with van der Waals surface area (Å²) in [4.78, 5) is 21.3. The van der Waals surface area contributed by atoms with Crippen molar-refractivity contribution in [2.75, 3.05) is 23.8 Å². The van der Waals surface area contributed by atoms with Crippen molar-refractivity contribution in [3.05, 3.63) is 47.2 Å². The molecule has 4 rings (SSSR count). The molecule has 2 unspecified atom stereocenters. The van der Waals surface area contributed by atoms with Gasteiger partial charge in [-0.3, -0.25) is 0 Å². The van der Waals surface area contributed by atoms with E-state index in [4.69, 9.17) is 4.74 Å². The SMILES string of the molecule is CC(C)(C)OC(=O)N[C@@H]1[C@@H]2CCC[C@H]1CC(CNc1nc(NCc3ccccc3C(O)CO)ncc1C#N)C2. The lowest BCUT2D eigenvalue weighted by Crippen LogP contribution is -2.52. The minimum absolute atomic E-state index is 0.140. The number of alkyl carbamates (subject to hydrolysis) is 1. The fraction of sp³-hybridized carbons (Fsp3) is 0.586. The first-order valence-electron chi connectivity index (χ1n) is 13.8. The van der Waals surface area contributed by atoms with Gasteiger partial charge in [-0.1, -0.05) is 30.7 Å². The standard InChI is InChI=1S/C29H40N6O4/c1-29(2,3)39-28(38)34-25-19-8-6-9-20(25)12-18(11-19)14-31-26-22(13-30)16-33-27(35-26)32-15-21-7-4-5-10-23(21)24(37)17-36/h4-5,7,10,16,18-20,24-25,36-37H,6,8-9,11-12,14-15,17H2,1-3H3,(H,34,38)(H2,31,32,33,35)/t18?,19-,20+,24?,25-. The molecule has 5 N–H and O–H groups in total. The van der Waals surface area contributed by atoms with Gasteiger partial charge < -0.3 is 30.9 Å². The Balaban J connectivity index is 1.37. The summed E-state index contributed by atoms with van der Waals surface area (Å²) in [6, 6.07) is 9.63. The smallest absolute Gasteiger partial charge is 0.407 e. The lowest BCUT2D eigenvalue weighted by atomic mass is 9.64. The van der Waals surface area contributed by atoms with Gasteiger partial charge in [-0.2, -0.15) is 10.2 Å². The van der Waals surface area contributed by atoms with Crippen molar-refractivity contribution in [2.24, 2.45) is 17.8 Å². The molecule has 210 valence electrons. The molecule has 2 aromatic rings. The van der Waals surface area contributed by atoms with E-state index in [1.807, 2.05) is 39.0 Å². The van der Waals surface area contributed by atoms with Crippen molar-refractivity contribution in [1.29, 1.82) is 5.26 Å². The third kappa shape index (κ3) is 7.58. The lowest BCUT2D eigenvalue weighted by Gasteiger charge is -2.46. The first kappa shape index (κ1) is 28.6. The quantitative estimate of drug-likeness (QED) is 0.319. The summed E-state index contributed by atoms with van der Waals surface area (Å²) in [6.07, 6.45) is 5.54. The number of carbonyl (C=O) groups is 1. The van der Waals surface area contributed by atoms with Gasteiger partial charge in [0.15, 0.2) is 0 Å². The van der Waals surface area contributed by atoms with Gasteiger partial charge in [-0.15, -0.1) is 0 Å². The van der Waals surface area contributed by atoms with E-state index in [2.05, 4.69) is 32.0 Å². The number of hydrogen-bond acceptors (Lipinski definition) is 9. The molecule has 0 spiro atoms. The number of ether oxygens (including phenoxy) is 1. The van der Waals surface area contributed by atoms with Crippen molar-refractivity contribution >= 4 is 17.9 Å². The van der Waals surface area contributed by atoms with Crippen molar-refractivity contribution in [3.8, 4) is 6.07 Å². The molecule has 2 aliphatic carbocycles. The van der Waals surface area contributed by atoms with Crippen LogP contribution in [0.2, 0.25) is 0 Å². The molecule has 0 radical (unpaired) electrons. The number of anilines is 2. The Kier molecular flexibility index (Phi) is 9.25. The van der Waals surface area contributed by atoms with Crippen LogP contribution >= 0.6 is 0 Å². The monoisotopic (exact) mass is 536 g/mol. The van der Waals surface area contributed by atoms with Crippen molar-refractivity contribution < 1.29 is 19.7 Å². The van der Waals surface area contributed by atoms with E-state index >= 15 is 0 Å². The Morgan fingerprint density at radius 3 is 2.59 bits per heavy atom. The fourth-order valence-corrected chi connectivity index (χ4v) is 5.93. The Labute approximate surface area is 230 Å². The van der Waals surface area contributed by atoms with Crippen LogP contribution < -0.4 is 16.0 Å². The zero-order chi connectivity index (χ0) is 28.0. The summed E-state index contributed by atoms with van der Waals surface area (Å²) < 4.78 is 5.51. The maximum absolute atomic E-state index is 12.4. The van der Waals surface area contributed by atoms with E-state index in [0.29, 0.717) is 53.7 Å². The topological polar surface area (TPSA) is 152 Å². The van der Waals surface area contributed by atoms with E-state index in [9.17, 15) is 20.3 Å².